The predicted octanol–water partition coefficient (Wildman–Crippen LogP) is 10.1. The predicted molar refractivity (Wildman–Crippen MR) is 127 cm³/mol. The Labute approximate surface area is 219 Å². The van der Waals surface area contributed by atoms with E-state index in [1.165, 1.54) is 12.1 Å². The van der Waals surface area contributed by atoms with Crippen LogP contribution in [0.1, 0.15) is 68.1 Å². The SMILES string of the molecule is CCC[C@H]1CC[C@H](c2cc(F)c(C(F)(F)Oc3ccccc3-c3cc(F)c(C(F)(F)F)c(F)c3)c(F)c2)CC1. The Bertz CT molecular complexity index is 1280. The maximum atomic E-state index is 15.1. The summed E-state index contributed by atoms with van der Waals surface area (Å²) in [5.74, 6) is -7.35. The third-order valence-electron chi connectivity index (χ3n) is 7.13. The van der Waals surface area contributed by atoms with Gasteiger partial charge in [0.2, 0.25) is 0 Å². The van der Waals surface area contributed by atoms with Gasteiger partial charge in [-0.3, -0.25) is 0 Å². The Hall–Kier alpha value is -3.17. The lowest BCUT2D eigenvalue weighted by Gasteiger charge is -2.29. The summed E-state index contributed by atoms with van der Waals surface area (Å²) in [4.78, 5) is 0. The van der Waals surface area contributed by atoms with Crippen LogP contribution in [0.4, 0.5) is 39.5 Å². The average Bonchev–Trinajstić information content (AvgIpc) is 2.83. The summed E-state index contributed by atoms with van der Waals surface area (Å²) in [6.45, 7) is 2.08. The molecule has 10 heteroatoms. The van der Waals surface area contributed by atoms with Crippen LogP contribution in [-0.4, -0.2) is 0 Å². The summed E-state index contributed by atoms with van der Waals surface area (Å²) in [6.07, 6.45) is -4.67. The normalized spacial score (nSPS) is 18.3. The van der Waals surface area contributed by atoms with Crippen LogP contribution in [0.5, 0.6) is 5.75 Å². The van der Waals surface area contributed by atoms with Gasteiger partial charge in [-0.05, 0) is 79.0 Å². The molecule has 0 atom stereocenters. The maximum absolute atomic E-state index is 15.1. The van der Waals surface area contributed by atoms with Gasteiger partial charge in [0, 0.05) is 5.56 Å². The fourth-order valence-corrected chi connectivity index (χ4v) is 5.28. The Balaban J connectivity index is 1.63. The minimum atomic E-state index is -5.33. The van der Waals surface area contributed by atoms with Gasteiger partial charge in [-0.2, -0.15) is 22.0 Å². The molecule has 39 heavy (non-hydrogen) atoms. The summed E-state index contributed by atoms with van der Waals surface area (Å²) in [5.41, 5.74) is -4.47. The largest absolute Gasteiger partial charge is 0.432 e. The highest BCUT2D eigenvalue weighted by Crippen LogP contribution is 2.43. The lowest BCUT2D eigenvalue weighted by molar-refractivity contribution is -0.189. The third-order valence-corrected chi connectivity index (χ3v) is 7.13. The molecule has 0 unspecified atom stereocenters. The molecule has 3 aromatic rings. The Morgan fingerprint density at radius 1 is 0.744 bits per heavy atom. The van der Waals surface area contributed by atoms with Crippen molar-refractivity contribution in [2.75, 3.05) is 0 Å². The molecule has 3 aromatic carbocycles. The van der Waals surface area contributed by atoms with Gasteiger partial charge < -0.3 is 4.74 Å². The van der Waals surface area contributed by atoms with E-state index in [0.717, 1.165) is 49.9 Å². The molecular weight excluding hydrogens is 535 g/mol. The molecule has 0 aliphatic heterocycles. The number of alkyl halides is 5. The number of benzene rings is 3. The molecule has 0 bridgehead atoms. The summed E-state index contributed by atoms with van der Waals surface area (Å²) in [7, 11) is 0. The van der Waals surface area contributed by atoms with Crippen molar-refractivity contribution in [1.29, 1.82) is 0 Å². The van der Waals surface area contributed by atoms with Crippen LogP contribution >= 0.6 is 0 Å². The van der Waals surface area contributed by atoms with Crippen molar-refractivity contribution in [1.82, 2.24) is 0 Å². The molecule has 1 saturated carbocycles. The Morgan fingerprint density at radius 3 is 1.82 bits per heavy atom. The molecule has 0 radical (unpaired) electrons. The van der Waals surface area contributed by atoms with Gasteiger partial charge in [-0.1, -0.05) is 38.0 Å². The highest BCUT2D eigenvalue weighted by molar-refractivity contribution is 5.71. The first-order valence-corrected chi connectivity index (χ1v) is 12.5. The van der Waals surface area contributed by atoms with Crippen molar-refractivity contribution in [2.24, 2.45) is 5.92 Å². The van der Waals surface area contributed by atoms with Crippen LogP contribution in [-0.2, 0) is 12.3 Å². The first-order valence-electron chi connectivity index (χ1n) is 12.5. The average molecular weight is 560 g/mol. The lowest BCUT2D eigenvalue weighted by atomic mass is 9.77. The highest BCUT2D eigenvalue weighted by Gasteiger charge is 2.42. The molecule has 0 heterocycles. The minimum Gasteiger partial charge on any atom is -0.428 e. The summed E-state index contributed by atoms with van der Waals surface area (Å²) >= 11 is 0. The molecule has 0 spiro atoms. The number of hydrogen-bond acceptors (Lipinski definition) is 1. The molecule has 1 fully saturated rings. The maximum Gasteiger partial charge on any atom is 0.432 e. The van der Waals surface area contributed by atoms with Crippen LogP contribution < -0.4 is 4.74 Å². The first-order chi connectivity index (χ1) is 18.3. The summed E-state index contributed by atoms with van der Waals surface area (Å²) in [6, 6.07) is 6.84. The highest BCUT2D eigenvalue weighted by atomic mass is 19.4. The van der Waals surface area contributed by atoms with Crippen LogP contribution in [0.15, 0.2) is 48.5 Å². The second-order valence-electron chi connectivity index (χ2n) is 9.79. The molecule has 0 amide bonds. The minimum absolute atomic E-state index is 0.170. The van der Waals surface area contributed by atoms with E-state index in [2.05, 4.69) is 11.7 Å². The molecule has 1 nitrogen and oxygen atoms in total. The second kappa shape index (κ2) is 11.1. The number of ether oxygens (including phenoxy) is 1. The quantitative estimate of drug-likeness (QED) is 0.261. The van der Waals surface area contributed by atoms with E-state index in [4.69, 9.17) is 0 Å². The van der Waals surface area contributed by atoms with E-state index in [1.807, 2.05) is 0 Å². The Kier molecular flexibility index (Phi) is 8.23. The second-order valence-corrected chi connectivity index (χ2v) is 9.79. The third kappa shape index (κ3) is 6.20. The van der Waals surface area contributed by atoms with Crippen molar-refractivity contribution in [3.63, 3.8) is 0 Å². The van der Waals surface area contributed by atoms with E-state index >= 15 is 8.78 Å². The topological polar surface area (TPSA) is 9.23 Å². The van der Waals surface area contributed by atoms with Gasteiger partial charge in [-0.25, -0.2) is 17.6 Å². The fourth-order valence-electron chi connectivity index (χ4n) is 5.28. The molecule has 4 rings (SSSR count). The molecule has 1 aliphatic rings. The van der Waals surface area contributed by atoms with Crippen LogP contribution in [0.3, 0.4) is 0 Å². The number of rotatable bonds is 7. The van der Waals surface area contributed by atoms with Crippen molar-refractivity contribution >= 4 is 0 Å². The van der Waals surface area contributed by atoms with Gasteiger partial charge >= 0.3 is 12.3 Å². The van der Waals surface area contributed by atoms with Gasteiger partial charge in [0.25, 0.3) is 0 Å². The zero-order valence-electron chi connectivity index (χ0n) is 20.8. The van der Waals surface area contributed by atoms with Gasteiger partial charge in [0.1, 0.15) is 40.1 Å². The van der Waals surface area contributed by atoms with E-state index < -0.39 is 63.6 Å². The zero-order chi connectivity index (χ0) is 28.5. The van der Waals surface area contributed by atoms with Crippen LogP contribution in [0, 0.1) is 29.2 Å². The number of halogens is 9. The standard InChI is InChI=1S/C29H25F9O/c1-2-5-16-8-10-17(11-9-16)18-12-23(32)27(24(33)13-18)29(37,38)39-25-7-4-3-6-20(25)19-14-21(30)26(22(31)15-19)28(34,35)36/h3-4,6-7,12-17H,2,5,8-11H2,1H3/t16-,17-. The molecular formula is C29H25F9O. The summed E-state index contributed by atoms with van der Waals surface area (Å²) in [5, 5.41) is 0. The summed E-state index contributed by atoms with van der Waals surface area (Å²) < 4.78 is 132. The van der Waals surface area contributed by atoms with E-state index in [9.17, 15) is 30.7 Å². The van der Waals surface area contributed by atoms with Crippen molar-refractivity contribution in [3.8, 4) is 16.9 Å². The Morgan fingerprint density at radius 2 is 1.28 bits per heavy atom. The smallest absolute Gasteiger partial charge is 0.428 e. The monoisotopic (exact) mass is 560 g/mol. The number of hydrogen-bond donors (Lipinski definition) is 0. The molecule has 210 valence electrons. The van der Waals surface area contributed by atoms with Gasteiger partial charge in [0.15, 0.2) is 0 Å². The van der Waals surface area contributed by atoms with Crippen LogP contribution in [0.25, 0.3) is 11.1 Å². The van der Waals surface area contributed by atoms with Crippen molar-refractivity contribution in [2.45, 2.75) is 63.7 Å². The van der Waals surface area contributed by atoms with E-state index in [-0.39, 0.29) is 11.5 Å². The molecule has 0 N–H and O–H groups in total. The van der Waals surface area contributed by atoms with E-state index in [0.29, 0.717) is 30.9 Å². The van der Waals surface area contributed by atoms with Crippen molar-refractivity contribution < 1.29 is 44.3 Å². The molecule has 0 aromatic heterocycles. The molecule has 0 saturated heterocycles. The van der Waals surface area contributed by atoms with Crippen LogP contribution in [0.2, 0.25) is 0 Å². The zero-order valence-corrected chi connectivity index (χ0v) is 20.8. The van der Waals surface area contributed by atoms with E-state index in [1.54, 1.807) is 0 Å². The first kappa shape index (κ1) is 28.8. The molecule has 1 aliphatic carbocycles. The van der Waals surface area contributed by atoms with Gasteiger partial charge in [0.05, 0.1) is 0 Å². The number of para-hydroxylation sites is 1. The van der Waals surface area contributed by atoms with Crippen molar-refractivity contribution in [3.05, 3.63) is 88.5 Å². The lowest BCUT2D eigenvalue weighted by Crippen LogP contribution is -2.26. The fraction of sp³-hybridized carbons (Fsp3) is 0.379. The van der Waals surface area contributed by atoms with Gasteiger partial charge in [-0.15, -0.1) is 0 Å².